The number of likely N-dealkylation sites (N-methyl/N-ethyl adjacent to an activating group) is 2. The number of carboxylic acid groups (broad SMARTS) is 1. The number of nitrogens with zero attached hydrogens (tertiary/aromatic N) is 2. The average molecular weight is 291 g/mol. The van der Waals surface area contributed by atoms with Crippen LogP contribution in [0.25, 0.3) is 0 Å². The summed E-state index contributed by atoms with van der Waals surface area (Å²) in [6.07, 6.45) is 0.269. The highest BCUT2D eigenvalue weighted by Gasteiger charge is 2.39. The molecular formula is C14H17N3O4. The van der Waals surface area contributed by atoms with E-state index in [1.807, 2.05) is 0 Å². The summed E-state index contributed by atoms with van der Waals surface area (Å²) in [7, 11) is 2.95. The van der Waals surface area contributed by atoms with Gasteiger partial charge in [0.05, 0.1) is 0 Å². The quantitative estimate of drug-likeness (QED) is 0.838. The molecule has 7 nitrogen and oxygen atoms in total. The second kappa shape index (κ2) is 5.82. The van der Waals surface area contributed by atoms with Crippen LogP contribution >= 0.6 is 0 Å². The van der Waals surface area contributed by atoms with E-state index in [2.05, 4.69) is 5.32 Å². The van der Waals surface area contributed by atoms with Gasteiger partial charge < -0.3 is 15.3 Å². The zero-order chi connectivity index (χ0) is 15.6. The SMILES string of the molecule is CNC(=O)CN(C)C(=O)N1c2ccccc2CC1C(=O)O. The van der Waals surface area contributed by atoms with Gasteiger partial charge in [-0.3, -0.25) is 9.69 Å². The molecule has 1 aromatic rings. The van der Waals surface area contributed by atoms with E-state index in [1.54, 1.807) is 24.3 Å². The van der Waals surface area contributed by atoms with Gasteiger partial charge in [-0.1, -0.05) is 18.2 Å². The Hall–Kier alpha value is -2.57. The highest BCUT2D eigenvalue weighted by atomic mass is 16.4. The molecule has 0 saturated heterocycles. The van der Waals surface area contributed by atoms with Crippen LogP contribution in [-0.4, -0.2) is 54.6 Å². The number of benzene rings is 1. The minimum Gasteiger partial charge on any atom is -0.480 e. The molecule has 1 unspecified atom stereocenters. The Morgan fingerprint density at radius 3 is 2.67 bits per heavy atom. The standard InChI is InChI=1S/C14H17N3O4/c1-15-12(18)8-16(2)14(21)17-10-6-4-3-5-9(10)7-11(17)13(19)20/h3-6,11H,7-8H2,1-2H3,(H,15,18)(H,19,20). The van der Waals surface area contributed by atoms with E-state index in [0.717, 1.165) is 5.56 Å². The molecule has 2 rings (SSSR count). The van der Waals surface area contributed by atoms with Gasteiger partial charge in [-0.15, -0.1) is 0 Å². The number of aliphatic carboxylic acids is 1. The molecule has 1 heterocycles. The Morgan fingerprint density at radius 2 is 2.05 bits per heavy atom. The minimum atomic E-state index is -1.06. The van der Waals surface area contributed by atoms with Crippen molar-refractivity contribution in [2.45, 2.75) is 12.5 Å². The Morgan fingerprint density at radius 1 is 1.38 bits per heavy atom. The fourth-order valence-corrected chi connectivity index (χ4v) is 2.37. The molecule has 21 heavy (non-hydrogen) atoms. The summed E-state index contributed by atoms with van der Waals surface area (Å²) in [5.74, 6) is -1.38. The molecule has 1 aliphatic heterocycles. The van der Waals surface area contributed by atoms with Crippen molar-refractivity contribution in [1.29, 1.82) is 0 Å². The van der Waals surface area contributed by atoms with E-state index in [0.29, 0.717) is 5.69 Å². The van der Waals surface area contributed by atoms with Gasteiger partial charge in [-0.25, -0.2) is 9.59 Å². The number of rotatable bonds is 3. The predicted molar refractivity (Wildman–Crippen MR) is 76.1 cm³/mol. The Balaban J connectivity index is 2.28. The maximum atomic E-state index is 12.5. The first kappa shape index (κ1) is 14.8. The molecule has 1 atom stereocenters. The average Bonchev–Trinajstić information content (AvgIpc) is 2.85. The number of anilines is 1. The fraction of sp³-hybridized carbons (Fsp3) is 0.357. The third-order valence-electron chi connectivity index (χ3n) is 3.45. The van der Waals surface area contributed by atoms with Crippen LogP contribution in [0.2, 0.25) is 0 Å². The van der Waals surface area contributed by atoms with Crippen LogP contribution < -0.4 is 10.2 Å². The summed E-state index contributed by atoms with van der Waals surface area (Å²) in [6.45, 7) is -0.125. The smallest absolute Gasteiger partial charge is 0.327 e. The lowest BCUT2D eigenvalue weighted by Crippen LogP contribution is -2.50. The zero-order valence-electron chi connectivity index (χ0n) is 11.9. The molecule has 0 spiro atoms. The van der Waals surface area contributed by atoms with Crippen LogP contribution in [0.4, 0.5) is 10.5 Å². The van der Waals surface area contributed by atoms with E-state index < -0.39 is 18.0 Å². The van der Waals surface area contributed by atoms with Crippen LogP contribution in [0, 0.1) is 0 Å². The van der Waals surface area contributed by atoms with Gasteiger partial charge in [-0.05, 0) is 11.6 Å². The van der Waals surface area contributed by atoms with Gasteiger partial charge in [0.15, 0.2) is 0 Å². The van der Waals surface area contributed by atoms with Crippen molar-refractivity contribution >= 4 is 23.6 Å². The molecule has 0 fully saturated rings. The third kappa shape index (κ3) is 2.81. The first-order chi connectivity index (χ1) is 9.95. The maximum Gasteiger partial charge on any atom is 0.327 e. The normalized spacial score (nSPS) is 16.3. The highest BCUT2D eigenvalue weighted by Crippen LogP contribution is 2.32. The number of fused-ring (bicyclic) bond motifs is 1. The van der Waals surface area contributed by atoms with E-state index >= 15 is 0 Å². The number of urea groups is 1. The molecule has 0 radical (unpaired) electrons. The number of nitrogens with one attached hydrogen (secondary N) is 1. The van der Waals surface area contributed by atoms with Crippen LogP contribution in [-0.2, 0) is 16.0 Å². The van der Waals surface area contributed by atoms with Crippen molar-refractivity contribution in [3.63, 3.8) is 0 Å². The Labute approximate surface area is 122 Å². The highest BCUT2D eigenvalue weighted by molar-refractivity contribution is 6.01. The number of hydrogen-bond donors (Lipinski definition) is 2. The van der Waals surface area contributed by atoms with Gasteiger partial charge in [0.1, 0.15) is 12.6 Å². The van der Waals surface area contributed by atoms with Crippen LogP contribution in [0.1, 0.15) is 5.56 Å². The molecular weight excluding hydrogens is 274 g/mol. The van der Waals surface area contributed by atoms with E-state index in [1.165, 1.54) is 23.9 Å². The largest absolute Gasteiger partial charge is 0.480 e. The van der Waals surface area contributed by atoms with Crippen molar-refractivity contribution < 1.29 is 19.5 Å². The molecule has 0 saturated carbocycles. The third-order valence-corrected chi connectivity index (χ3v) is 3.45. The first-order valence-corrected chi connectivity index (χ1v) is 6.51. The molecule has 112 valence electrons. The van der Waals surface area contributed by atoms with Crippen molar-refractivity contribution in [2.24, 2.45) is 0 Å². The Kier molecular flexibility index (Phi) is 4.11. The van der Waals surface area contributed by atoms with E-state index in [-0.39, 0.29) is 18.9 Å². The molecule has 1 aromatic carbocycles. The monoisotopic (exact) mass is 291 g/mol. The molecule has 1 aliphatic rings. The summed E-state index contributed by atoms with van der Waals surface area (Å²) < 4.78 is 0. The summed E-state index contributed by atoms with van der Waals surface area (Å²) in [4.78, 5) is 37.7. The number of amides is 3. The topological polar surface area (TPSA) is 90.0 Å². The first-order valence-electron chi connectivity index (χ1n) is 6.51. The van der Waals surface area contributed by atoms with Gasteiger partial charge in [0.2, 0.25) is 5.91 Å². The summed E-state index contributed by atoms with van der Waals surface area (Å²) in [6, 6.07) is 5.63. The number of carbonyl (C=O) groups excluding carboxylic acids is 2. The van der Waals surface area contributed by atoms with Crippen LogP contribution in [0.3, 0.4) is 0 Å². The lowest BCUT2D eigenvalue weighted by Gasteiger charge is -2.27. The summed E-state index contributed by atoms with van der Waals surface area (Å²) in [5.41, 5.74) is 1.39. The minimum absolute atomic E-state index is 0.125. The molecule has 0 aromatic heterocycles. The molecule has 0 bridgehead atoms. The van der Waals surface area contributed by atoms with E-state index in [4.69, 9.17) is 0 Å². The lowest BCUT2D eigenvalue weighted by atomic mass is 10.1. The van der Waals surface area contributed by atoms with Crippen molar-refractivity contribution in [2.75, 3.05) is 25.5 Å². The second-order valence-electron chi connectivity index (χ2n) is 4.87. The molecule has 2 N–H and O–H groups in total. The lowest BCUT2D eigenvalue weighted by molar-refractivity contribution is -0.138. The molecule has 0 aliphatic carbocycles. The van der Waals surface area contributed by atoms with Crippen LogP contribution in [0.15, 0.2) is 24.3 Å². The maximum absolute atomic E-state index is 12.5. The van der Waals surface area contributed by atoms with Gasteiger partial charge in [0.25, 0.3) is 0 Å². The summed E-state index contributed by atoms with van der Waals surface area (Å²) in [5, 5.41) is 11.7. The van der Waals surface area contributed by atoms with Crippen LogP contribution in [0.5, 0.6) is 0 Å². The second-order valence-corrected chi connectivity index (χ2v) is 4.87. The predicted octanol–water partition coefficient (Wildman–Crippen LogP) is 0.300. The number of carbonyl (C=O) groups is 3. The molecule has 7 heteroatoms. The van der Waals surface area contributed by atoms with E-state index in [9.17, 15) is 19.5 Å². The van der Waals surface area contributed by atoms with Gasteiger partial charge in [-0.2, -0.15) is 0 Å². The van der Waals surface area contributed by atoms with Gasteiger partial charge >= 0.3 is 12.0 Å². The summed E-state index contributed by atoms with van der Waals surface area (Å²) >= 11 is 0. The van der Waals surface area contributed by atoms with Crippen molar-refractivity contribution in [3.05, 3.63) is 29.8 Å². The number of hydrogen-bond acceptors (Lipinski definition) is 3. The van der Waals surface area contributed by atoms with Crippen molar-refractivity contribution in [1.82, 2.24) is 10.2 Å². The zero-order valence-corrected chi connectivity index (χ0v) is 11.9. The molecule has 3 amide bonds. The fourth-order valence-electron chi connectivity index (χ4n) is 2.37. The van der Waals surface area contributed by atoms with Crippen molar-refractivity contribution in [3.8, 4) is 0 Å². The van der Waals surface area contributed by atoms with Gasteiger partial charge in [0, 0.05) is 26.2 Å². The number of para-hydroxylation sites is 1. The Bertz CT molecular complexity index is 587. The number of carboxylic acids is 1.